The van der Waals surface area contributed by atoms with Gasteiger partial charge >= 0.3 is 0 Å². The summed E-state index contributed by atoms with van der Waals surface area (Å²) in [6.07, 6.45) is 1.91. The number of nitrogens with two attached hydrogens (primary N) is 1. The van der Waals surface area contributed by atoms with Crippen LogP contribution < -0.4 is 5.73 Å². The number of thiazole rings is 1. The molecule has 0 spiro atoms. The molecule has 0 fully saturated rings. The van der Waals surface area contributed by atoms with Crippen LogP contribution in [0.25, 0.3) is 10.2 Å². The molecule has 1 atom stereocenters. The normalized spacial score (nSPS) is 14.1. The van der Waals surface area contributed by atoms with Crippen molar-refractivity contribution in [1.29, 1.82) is 0 Å². The Morgan fingerprint density at radius 2 is 2.06 bits per heavy atom. The van der Waals surface area contributed by atoms with Crippen molar-refractivity contribution in [3.8, 4) is 0 Å². The Morgan fingerprint density at radius 1 is 1.33 bits per heavy atom. The van der Waals surface area contributed by atoms with Crippen LogP contribution in [0.15, 0.2) is 18.2 Å². The maximum Gasteiger partial charge on any atom is 0.0954 e. The summed E-state index contributed by atoms with van der Waals surface area (Å²) in [4.78, 5) is 4.66. The molecule has 98 valence electrons. The lowest BCUT2D eigenvalue weighted by atomic mass is 9.87. The van der Waals surface area contributed by atoms with Gasteiger partial charge in [0.2, 0.25) is 0 Å². The van der Waals surface area contributed by atoms with Gasteiger partial charge in [-0.25, -0.2) is 4.98 Å². The van der Waals surface area contributed by atoms with Crippen molar-refractivity contribution < 1.29 is 0 Å². The highest BCUT2D eigenvalue weighted by Gasteiger charge is 2.17. The van der Waals surface area contributed by atoms with E-state index in [4.69, 9.17) is 5.73 Å². The summed E-state index contributed by atoms with van der Waals surface area (Å²) < 4.78 is 1.27. The molecule has 1 unspecified atom stereocenters. The molecular weight excluding hydrogens is 240 g/mol. The Hall–Kier alpha value is -0.930. The molecule has 3 heteroatoms. The van der Waals surface area contributed by atoms with Crippen LogP contribution in [0.2, 0.25) is 0 Å². The zero-order chi connectivity index (χ0) is 13.3. The van der Waals surface area contributed by atoms with Crippen molar-refractivity contribution in [3.05, 3.63) is 28.8 Å². The Kier molecular flexibility index (Phi) is 3.74. The topological polar surface area (TPSA) is 38.9 Å². The summed E-state index contributed by atoms with van der Waals surface area (Å²) in [6.45, 7) is 8.81. The lowest BCUT2D eigenvalue weighted by Crippen LogP contribution is -2.28. The largest absolute Gasteiger partial charge is 0.327 e. The lowest BCUT2D eigenvalue weighted by molar-refractivity contribution is 0.338. The first-order valence-corrected chi connectivity index (χ1v) is 7.27. The number of benzene rings is 1. The van der Waals surface area contributed by atoms with Crippen molar-refractivity contribution >= 4 is 21.6 Å². The molecule has 1 aromatic carbocycles. The van der Waals surface area contributed by atoms with Crippen LogP contribution in [0, 0.1) is 12.3 Å². The van der Waals surface area contributed by atoms with Crippen molar-refractivity contribution in [2.45, 2.75) is 46.6 Å². The van der Waals surface area contributed by atoms with Gasteiger partial charge in [-0.15, -0.1) is 11.3 Å². The average Bonchev–Trinajstić information content (AvgIpc) is 2.55. The minimum Gasteiger partial charge on any atom is -0.327 e. The standard InChI is InChI=1S/C15H22N2S/c1-10-5-6-12-13(7-10)18-14(17-12)8-11(16)9-15(2,3)4/h5-7,11H,8-9,16H2,1-4H3. The van der Waals surface area contributed by atoms with Crippen LogP contribution in [0.5, 0.6) is 0 Å². The predicted molar refractivity (Wildman–Crippen MR) is 80.1 cm³/mol. The third kappa shape index (κ3) is 3.53. The number of hydrogen-bond acceptors (Lipinski definition) is 3. The summed E-state index contributed by atoms with van der Waals surface area (Å²) in [5.41, 5.74) is 8.88. The summed E-state index contributed by atoms with van der Waals surface area (Å²) in [7, 11) is 0. The van der Waals surface area contributed by atoms with E-state index in [0.717, 1.165) is 23.4 Å². The van der Waals surface area contributed by atoms with Crippen LogP contribution in [-0.4, -0.2) is 11.0 Å². The molecule has 18 heavy (non-hydrogen) atoms. The third-order valence-electron chi connectivity index (χ3n) is 2.90. The fourth-order valence-electron chi connectivity index (χ4n) is 2.25. The number of aromatic nitrogens is 1. The second-order valence-electron chi connectivity index (χ2n) is 6.31. The van der Waals surface area contributed by atoms with Crippen LogP contribution >= 0.6 is 11.3 Å². The number of fused-ring (bicyclic) bond motifs is 1. The fourth-order valence-corrected chi connectivity index (χ4v) is 3.41. The smallest absolute Gasteiger partial charge is 0.0954 e. The lowest BCUT2D eigenvalue weighted by Gasteiger charge is -2.22. The van der Waals surface area contributed by atoms with Crippen LogP contribution in [0.4, 0.5) is 0 Å². The molecule has 1 aromatic heterocycles. The third-order valence-corrected chi connectivity index (χ3v) is 3.94. The van der Waals surface area contributed by atoms with E-state index < -0.39 is 0 Å². The van der Waals surface area contributed by atoms with Gasteiger partial charge in [-0.1, -0.05) is 26.8 Å². The van der Waals surface area contributed by atoms with E-state index in [1.165, 1.54) is 10.3 Å². The zero-order valence-electron chi connectivity index (χ0n) is 11.7. The Labute approximate surface area is 113 Å². The van der Waals surface area contributed by atoms with Crippen molar-refractivity contribution in [1.82, 2.24) is 4.98 Å². The molecule has 2 aromatic rings. The van der Waals surface area contributed by atoms with Crippen molar-refractivity contribution in [2.24, 2.45) is 11.1 Å². The highest BCUT2D eigenvalue weighted by molar-refractivity contribution is 7.18. The van der Waals surface area contributed by atoms with E-state index in [9.17, 15) is 0 Å². The van der Waals surface area contributed by atoms with E-state index in [1.807, 2.05) is 0 Å². The summed E-state index contributed by atoms with van der Waals surface area (Å²) >= 11 is 1.77. The molecule has 0 radical (unpaired) electrons. The highest BCUT2D eigenvalue weighted by atomic mass is 32.1. The highest BCUT2D eigenvalue weighted by Crippen LogP contribution is 2.26. The minimum atomic E-state index is 0.201. The first-order valence-electron chi connectivity index (χ1n) is 6.45. The van der Waals surface area contributed by atoms with Gasteiger partial charge in [0.05, 0.1) is 15.2 Å². The van der Waals surface area contributed by atoms with Crippen LogP contribution in [0.1, 0.15) is 37.8 Å². The van der Waals surface area contributed by atoms with Crippen LogP contribution in [0.3, 0.4) is 0 Å². The maximum absolute atomic E-state index is 6.21. The quantitative estimate of drug-likeness (QED) is 0.910. The number of nitrogens with zero attached hydrogens (tertiary/aromatic N) is 1. The molecule has 0 aliphatic rings. The summed E-state index contributed by atoms with van der Waals surface area (Å²) in [5, 5.41) is 1.16. The van der Waals surface area contributed by atoms with Gasteiger partial charge in [0.1, 0.15) is 0 Å². The van der Waals surface area contributed by atoms with Gasteiger partial charge in [-0.3, -0.25) is 0 Å². The van der Waals surface area contributed by atoms with Gasteiger partial charge in [-0.05, 0) is 36.5 Å². The number of rotatable bonds is 3. The van der Waals surface area contributed by atoms with Crippen molar-refractivity contribution in [2.75, 3.05) is 0 Å². The molecule has 0 aliphatic heterocycles. The van der Waals surface area contributed by atoms with Gasteiger partial charge < -0.3 is 5.73 Å². The maximum atomic E-state index is 6.21. The zero-order valence-corrected chi connectivity index (χ0v) is 12.5. The second-order valence-corrected chi connectivity index (χ2v) is 7.42. The van der Waals surface area contributed by atoms with E-state index >= 15 is 0 Å². The first kappa shape index (κ1) is 13.5. The molecule has 0 amide bonds. The monoisotopic (exact) mass is 262 g/mol. The summed E-state index contributed by atoms with van der Waals surface area (Å²) in [6, 6.07) is 6.61. The Bertz CT molecular complexity index is 537. The van der Waals surface area contributed by atoms with E-state index in [0.29, 0.717) is 0 Å². The number of hydrogen-bond donors (Lipinski definition) is 1. The molecule has 2 rings (SSSR count). The van der Waals surface area contributed by atoms with E-state index in [-0.39, 0.29) is 11.5 Å². The van der Waals surface area contributed by atoms with Gasteiger partial charge in [0.25, 0.3) is 0 Å². The Morgan fingerprint density at radius 3 is 2.72 bits per heavy atom. The van der Waals surface area contributed by atoms with E-state index in [2.05, 4.69) is 50.9 Å². The minimum absolute atomic E-state index is 0.201. The molecule has 2 N–H and O–H groups in total. The molecule has 0 saturated heterocycles. The molecule has 0 bridgehead atoms. The fraction of sp³-hybridized carbons (Fsp3) is 0.533. The molecule has 2 nitrogen and oxygen atoms in total. The predicted octanol–water partition coefficient (Wildman–Crippen LogP) is 3.91. The first-order chi connectivity index (χ1) is 8.33. The second kappa shape index (κ2) is 4.98. The van der Waals surface area contributed by atoms with Crippen LogP contribution in [-0.2, 0) is 6.42 Å². The van der Waals surface area contributed by atoms with Gasteiger partial charge in [0.15, 0.2) is 0 Å². The molecule has 0 aliphatic carbocycles. The Balaban J connectivity index is 2.12. The SMILES string of the molecule is Cc1ccc2nc(CC(N)CC(C)(C)C)sc2c1. The molecule has 1 heterocycles. The average molecular weight is 262 g/mol. The number of aryl methyl sites for hydroxylation is 1. The molecule has 0 saturated carbocycles. The van der Waals surface area contributed by atoms with E-state index in [1.54, 1.807) is 11.3 Å². The van der Waals surface area contributed by atoms with Crippen molar-refractivity contribution in [3.63, 3.8) is 0 Å². The molecular formula is C15H22N2S. The van der Waals surface area contributed by atoms with Gasteiger partial charge in [-0.2, -0.15) is 0 Å². The summed E-state index contributed by atoms with van der Waals surface area (Å²) in [5.74, 6) is 0. The van der Waals surface area contributed by atoms with Gasteiger partial charge in [0, 0.05) is 12.5 Å².